The van der Waals surface area contributed by atoms with Gasteiger partial charge < -0.3 is 9.47 Å². The fourth-order valence-electron chi connectivity index (χ4n) is 2.69. The van der Waals surface area contributed by atoms with E-state index >= 15 is 0 Å². The smallest absolute Gasteiger partial charge is 0.269 e. The SMILES string of the molecule is COc1cc(C=Nc2cc(Cl)ccc2C)cc(Br)c1OCc1ccc([N+](=O)[O-])cc1. The molecular weight excluding hydrogens is 472 g/mol. The van der Waals surface area contributed by atoms with E-state index in [4.69, 9.17) is 21.1 Å². The Bertz CT molecular complexity index is 1100. The van der Waals surface area contributed by atoms with E-state index < -0.39 is 4.92 Å². The molecule has 0 aliphatic rings. The molecule has 30 heavy (non-hydrogen) atoms. The molecule has 0 aromatic heterocycles. The van der Waals surface area contributed by atoms with Crippen LogP contribution in [0.5, 0.6) is 11.5 Å². The van der Waals surface area contributed by atoms with Crippen LogP contribution in [-0.4, -0.2) is 18.2 Å². The van der Waals surface area contributed by atoms with Crippen molar-refractivity contribution in [1.82, 2.24) is 0 Å². The van der Waals surface area contributed by atoms with Crippen LogP contribution in [0.4, 0.5) is 11.4 Å². The number of hydrogen-bond acceptors (Lipinski definition) is 5. The van der Waals surface area contributed by atoms with Crippen molar-refractivity contribution in [3.63, 3.8) is 0 Å². The highest BCUT2D eigenvalue weighted by atomic mass is 79.9. The van der Waals surface area contributed by atoms with E-state index in [0.29, 0.717) is 21.0 Å². The molecule has 0 radical (unpaired) electrons. The van der Waals surface area contributed by atoms with E-state index in [1.54, 1.807) is 31.5 Å². The summed E-state index contributed by atoms with van der Waals surface area (Å²) in [6.07, 6.45) is 1.73. The fraction of sp³-hybridized carbons (Fsp3) is 0.136. The van der Waals surface area contributed by atoms with Gasteiger partial charge in [-0.25, -0.2) is 0 Å². The number of hydrogen-bond donors (Lipinski definition) is 0. The minimum Gasteiger partial charge on any atom is -0.493 e. The number of non-ortho nitro benzene ring substituents is 1. The van der Waals surface area contributed by atoms with Gasteiger partial charge in [-0.3, -0.25) is 15.1 Å². The maximum Gasteiger partial charge on any atom is 0.269 e. The summed E-state index contributed by atoms with van der Waals surface area (Å²) in [5, 5.41) is 11.4. The summed E-state index contributed by atoms with van der Waals surface area (Å²) in [7, 11) is 1.56. The van der Waals surface area contributed by atoms with Crippen LogP contribution in [0.25, 0.3) is 0 Å². The summed E-state index contributed by atoms with van der Waals surface area (Å²) in [6, 6.07) is 15.5. The molecule has 0 spiro atoms. The van der Waals surface area contributed by atoms with Gasteiger partial charge in [0.2, 0.25) is 0 Å². The zero-order valence-electron chi connectivity index (χ0n) is 16.3. The number of nitro groups is 1. The van der Waals surface area contributed by atoms with E-state index in [0.717, 1.165) is 22.4 Å². The standard InChI is InChI=1S/C22H18BrClN2O4/c1-14-3-6-17(24)11-20(14)25-12-16-9-19(23)22(21(10-16)29-2)30-13-15-4-7-18(8-5-15)26(27)28/h3-12H,13H2,1-2H3. The first kappa shape index (κ1) is 21.8. The highest BCUT2D eigenvalue weighted by molar-refractivity contribution is 9.10. The van der Waals surface area contributed by atoms with Gasteiger partial charge >= 0.3 is 0 Å². The molecule has 0 aliphatic carbocycles. The van der Waals surface area contributed by atoms with Gasteiger partial charge in [0.05, 0.1) is 22.2 Å². The van der Waals surface area contributed by atoms with Crippen LogP contribution in [-0.2, 0) is 6.61 Å². The molecule has 3 rings (SSSR count). The first-order valence-electron chi connectivity index (χ1n) is 8.91. The topological polar surface area (TPSA) is 74.0 Å². The summed E-state index contributed by atoms with van der Waals surface area (Å²) >= 11 is 9.57. The van der Waals surface area contributed by atoms with Crippen LogP contribution in [0.3, 0.4) is 0 Å². The summed E-state index contributed by atoms with van der Waals surface area (Å²) in [4.78, 5) is 14.8. The largest absolute Gasteiger partial charge is 0.493 e. The Morgan fingerprint density at radius 2 is 1.90 bits per heavy atom. The minimum atomic E-state index is -0.435. The molecule has 0 atom stereocenters. The van der Waals surface area contributed by atoms with Crippen LogP contribution < -0.4 is 9.47 Å². The zero-order valence-corrected chi connectivity index (χ0v) is 18.6. The summed E-state index contributed by atoms with van der Waals surface area (Å²) in [5.41, 5.74) is 3.47. The summed E-state index contributed by atoms with van der Waals surface area (Å²) in [5.74, 6) is 1.07. The van der Waals surface area contributed by atoms with Crippen LogP contribution in [0.2, 0.25) is 5.02 Å². The van der Waals surface area contributed by atoms with Crippen molar-refractivity contribution in [2.45, 2.75) is 13.5 Å². The molecule has 0 fully saturated rings. The third-order valence-corrected chi connectivity index (χ3v) is 5.13. The van der Waals surface area contributed by atoms with Gasteiger partial charge in [-0.15, -0.1) is 0 Å². The average Bonchev–Trinajstić information content (AvgIpc) is 2.73. The molecule has 8 heteroatoms. The molecule has 154 valence electrons. The number of aliphatic imine (C=N–C) groups is 1. The second-order valence-electron chi connectivity index (χ2n) is 6.44. The van der Waals surface area contributed by atoms with E-state index in [9.17, 15) is 10.1 Å². The van der Waals surface area contributed by atoms with Gasteiger partial charge in [0.25, 0.3) is 5.69 Å². The lowest BCUT2D eigenvalue weighted by atomic mass is 10.2. The average molecular weight is 490 g/mol. The molecule has 0 unspecified atom stereocenters. The molecule has 0 bridgehead atoms. The van der Waals surface area contributed by atoms with Crippen molar-refractivity contribution in [3.05, 3.63) is 90.9 Å². The number of methoxy groups -OCH3 is 1. The predicted octanol–water partition coefficient (Wildman–Crippen LogP) is 6.66. The lowest BCUT2D eigenvalue weighted by Crippen LogP contribution is -2.00. The molecular formula is C22H18BrClN2O4. The molecule has 0 heterocycles. The van der Waals surface area contributed by atoms with Gasteiger partial charge in [0.1, 0.15) is 6.61 Å². The van der Waals surface area contributed by atoms with Gasteiger partial charge in [0.15, 0.2) is 11.5 Å². The number of nitro benzene ring substituents is 1. The Kier molecular flexibility index (Phi) is 7.07. The third-order valence-electron chi connectivity index (χ3n) is 4.31. The highest BCUT2D eigenvalue weighted by Gasteiger charge is 2.12. The second kappa shape index (κ2) is 9.73. The van der Waals surface area contributed by atoms with Crippen LogP contribution >= 0.6 is 27.5 Å². The molecule has 6 nitrogen and oxygen atoms in total. The van der Waals surface area contributed by atoms with Gasteiger partial charge in [-0.05, 0) is 75.9 Å². The van der Waals surface area contributed by atoms with Crippen LogP contribution in [0, 0.1) is 17.0 Å². The van der Waals surface area contributed by atoms with Crippen molar-refractivity contribution in [2.24, 2.45) is 4.99 Å². The molecule has 3 aromatic rings. The normalized spacial score (nSPS) is 10.9. The molecule has 0 amide bonds. The van der Waals surface area contributed by atoms with Crippen molar-refractivity contribution in [2.75, 3.05) is 7.11 Å². The minimum absolute atomic E-state index is 0.0380. The summed E-state index contributed by atoms with van der Waals surface area (Å²) in [6.45, 7) is 2.21. The van der Waals surface area contributed by atoms with Crippen LogP contribution in [0.15, 0.2) is 64.1 Å². The molecule has 0 saturated carbocycles. The monoisotopic (exact) mass is 488 g/mol. The van der Waals surface area contributed by atoms with E-state index in [2.05, 4.69) is 20.9 Å². The number of rotatable bonds is 7. The quantitative estimate of drug-likeness (QED) is 0.211. The van der Waals surface area contributed by atoms with Crippen molar-refractivity contribution >= 4 is 45.1 Å². The molecule has 0 N–H and O–H groups in total. The summed E-state index contributed by atoms with van der Waals surface area (Å²) < 4.78 is 12.1. The van der Waals surface area contributed by atoms with Gasteiger partial charge in [-0.2, -0.15) is 0 Å². The Hall–Kier alpha value is -2.90. The maximum atomic E-state index is 10.8. The second-order valence-corrected chi connectivity index (χ2v) is 7.73. The predicted molar refractivity (Wildman–Crippen MR) is 122 cm³/mol. The Balaban J connectivity index is 1.79. The van der Waals surface area contributed by atoms with Gasteiger partial charge in [-0.1, -0.05) is 17.7 Å². The molecule has 3 aromatic carbocycles. The van der Waals surface area contributed by atoms with Crippen molar-refractivity contribution in [3.8, 4) is 11.5 Å². The Morgan fingerprint density at radius 1 is 1.17 bits per heavy atom. The van der Waals surface area contributed by atoms with Gasteiger partial charge in [0, 0.05) is 23.4 Å². The first-order valence-corrected chi connectivity index (χ1v) is 10.1. The van der Waals surface area contributed by atoms with Crippen molar-refractivity contribution in [1.29, 1.82) is 0 Å². The number of ether oxygens (including phenoxy) is 2. The van der Waals surface area contributed by atoms with E-state index in [1.165, 1.54) is 12.1 Å². The number of aryl methyl sites for hydroxylation is 1. The first-order chi connectivity index (χ1) is 14.4. The Morgan fingerprint density at radius 3 is 2.57 bits per heavy atom. The highest BCUT2D eigenvalue weighted by Crippen LogP contribution is 2.37. The van der Waals surface area contributed by atoms with Crippen molar-refractivity contribution < 1.29 is 14.4 Å². The number of benzene rings is 3. The maximum absolute atomic E-state index is 10.8. The fourth-order valence-corrected chi connectivity index (χ4v) is 3.43. The molecule has 0 aliphatic heterocycles. The van der Waals surface area contributed by atoms with Crippen LogP contribution in [0.1, 0.15) is 16.7 Å². The zero-order chi connectivity index (χ0) is 21.7. The van der Waals surface area contributed by atoms with E-state index in [-0.39, 0.29) is 12.3 Å². The number of nitrogens with zero attached hydrogens (tertiary/aromatic N) is 2. The third kappa shape index (κ3) is 5.37. The lowest BCUT2D eigenvalue weighted by Gasteiger charge is -2.13. The lowest BCUT2D eigenvalue weighted by molar-refractivity contribution is -0.384. The Labute approximate surface area is 187 Å². The molecule has 0 saturated heterocycles. The van der Waals surface area contributed by atoms with E-state index in [1.807, 2.05) is 31.2 Å². The number of halogens is 2.